The van der Waals surface area contributed by atoms with E-state index < -0.39 is 0 Å². The second-order valence-corrected chi connectivity index (χ2v) is 3.48. The van der Waals surface area contributed by atoms with E-state index in [9.17, 15) is 4.79 Å². The molecule has 0 heterocycles. The van der Waals surface area contributed by atoms with E-state index in [-0.39, 0.29) is 11.4 Å². The molecule has 0 radical (unpaired) electrons. The summed E-state index contributed by atoms with van der Waals surface area (Å²) in [6.07, 6.45) is 0.552. The quantitative estimate of drug-likeness (QED) is 0.702. The zero-order chi connectivity index (χ0) is 8.20. The molecule has 0 aromatic rings. The van der Waals surface area contributed by atoms with Crippen molar-refractivity contribution < 1.29 is 4.79 Å². The van der Waals surface area contributed by atoms with Crippen molar-refractivity contribution in [2.24, 2.45) is 0 Å². The van der Waals surface area contributed by atoms with E-state index in [0.717, 1.165) is 5.33 Å². The Morgan fingerprint density at radius 3 is 2.40 bits per heavy atom. The largest absolute Gasteiger partial charge is 0.350 e. The highest BCUT2D eigenvalue weighted by Gasteiger charge is 2.16. The molecule has 0 saturated heterocycles. The van der Waals surface area contributed by atoms with Crippen LogP contribution in [0, 0.1) is 0 Å². The molecule has 1 N–H and O–H groups in total. The summed E-state index contributed by atoms with van der Waals surface area (Å²) in [4.78, 5) is 10.9. The molecule has 3 heteroatoms. The molecule has 10 heavy (non-hydrogen) atoms. The first kappa shape index (κ1) is 9.95. The van der Waals surface area contributed by atoms with Crippen molar-refractivity contribution in [1.82, 2.24) is 5.32 Å². The molecule has 1 amide bonds. The monoisotopic (exact) mass is 207 g/mol. The Bertz CT molecular complexity index is 123. The number of amides is 1. The normalized spacial score (nSPS) is 11.2. The summed E-state index contributed by atoms with van der Waals surface area (Å²) in [6.45, 7) is 5.81. The van der Waals surface area contributed by atoms with Crippen LogP contribution in [0.5, 0.6) is 0 Å². The molecule has 0 atom stereocenters. The number of carbonyl (C=O) groups excluding carboxylic acids is 1. The predicted octanol–water partition coefficient (Wildman–Crippen LogP) is 1.69. The number of alkyl halides is 1. The third-order valence-corrected chi connectivity index (χ3v) is 2.53. The fourth-order valence-electron chi connectivity index (χ4n) is 0.499. The lowest BCUT2D eigenvalue weighted by Gasteiger charge is -2.22. The fraction of sp³-hybridized carbons (Fsp3) is 0.857. The SMILES string of the molecule is CCC(=O)NC(C)(C)CBr. The van der Waals surface area contributed by atoms with Gasteiger partial charge in [0.2, 0.25) is 5.91 Å². The van der Waals surface area contributed by atoms with E-state index >= 15 is 0 Å². The lowest BCUT2D eigenvalue weighted by atomic mass is 10.1. The minimum Gasteiger partial charge on any atom is -0.350 e. The van der Waals surface area contributed by atoms with Crippen LogP contribution in [0.4, 0.5) is 0 Å². The van der Waals surface area contributed by atoms with E-state index in [1.807, 2.05) is 20.8 Å². The molecular formula is C7H14BrNO. The number of nitrogens with one attached hydrogen (secondary N) is 1. The van der Waals surface area contributed by atoms with Gasteiger partial charge in [-0.15, -0.1) is 0 Å². The standard InChI is InChI=1S/C7H14BrNO/c1-4-6(10)9-7(2,3)5-8/h4-5H2,1-3H3,(H,9,10). The molecule has 0 aliphatic heterocycles. The van der Waals surface area contributed by atoms with Crippen LogP contribution in [0.15, 0.2) is 0 Å². The second kappa shape index (κ2) is 3.96. The Morgan fingerprint density at radius 2 is 2.10 bits per heavy atom. The van der Waals surface area contributed by atoms with E-state index in [4.69, 9.17) is 0 Å². The molecule has 0 aliphatic carbocycles. The van der Waals surface area contributed by atoms with Gasteiger partial charge in [0.05, 0.1) is 0 Å². The van der Waals surface area contributed by atoms with Crippen molar-refractivity contribution >= 4 is 21.8 Å². The van der Waals surface area contributed by atoms with Gasteiger partial charge in [0, 0.05) is 17.3 Å². The van der Waals surface area contributed by atoms with Crippen LogP contribution in [0.1, 0.15) is 27.2 Å². The molecule has 0 bridgehead atoms. The van der Waals surface area contributed by atoms with Crippen molar-refractivity contribution in [2.75, 3.05) is 5.33 Å². The Kier molecular flexibility index (Phi) is 3.94. The highest BCUT2D eigenvalue weighted by Crippen LogP contribution is 2.05. The Hall–Kier alpha value is -0.0500. The van der Waals surface area contributed by atoms with Gasteiger partial charge < -0.3 is 5.32 Å². The number of halogens is 1. The molecular weight excluding hydrogens is 194 g/mol. The van der Waals surface area contributed by atoms with E-state index in [1.165, 1.54) is 0 Å². The highest BCUT2D eigenvalue weighted by molar-refractivity contribution is 9.09. The summed E-state index contributed by atoms with van der Waals surface area (Å²) in [5.74, 6) is 0.101. The van der Waals surface area contributed by atoms with Gasteiger partial charge in [-0.2, -0.15) is 0 Å². The van der Waals surface area contributed by atoms with Crippen LogP contribution in [0.25, 0.3) is 0 Å². The van der Waals surface area contributed by atoms with Gasteiger partial charge in [0.15, 0.2) is 0 Å². The van der Waals surface area contributed by atoms with Gasteiger partial charge >= 0.3 is 0 Å². The number of hydrogen-bond acceptors (Lipinski definition) is 1. The zero-order valence-electron chi connectivity index (χ0n) is 6.70. The summed E-state index contributed by atoms with van der Waals surface area (Å²) >= 11 is 3.31. The smallest absolute Gasteiger partial charge is 0.220 e. The molecule has 0 aromatic carbocycles. The minimum absolute atomic E-state index is 0.101. The third-order valence-electron chi connectivity index (χ3n) is 1.13. The minimum atomic E-state index is -0.118. The summed E-state index contributed by atoms with van der Waals surface area (Å²) in [5.41, 5.74) is -0.118. The van der Waals surface area contributed by atoms with Gasteiger partial charge in [-0.1, -0.05) is 22.9 Å². The summed E-state index contributed by atoms with van der Waals surface area (Å²) in [7, 11) is 0. The van der Waals surface area contributed by atoms with Crippen molar-refractivity contribution in [3.63, 3.8) is 0 Å². The summed E-state index contributed by atoms with van der Waals surface area (Å²) in [6, 6.07) is 0. The Morgan fingerprint density at radius 1 is 1.60 bits per heavy atom. The van der Waals surface area contributed by atoms with E-state index in [0.29, 0.717) is 6.42 Å². The maximum Gasteiger partial charge on any atom is 0.220 e. The van der Waals surface area contributed by atoms with Crippen molar-refractivity contribution in [2.45, 2.75) is 32.7 Å². The van der Waals surface area contributed by atoms with E-state index in [1.54, 1.807) is 0 Å². The van der Waals surface area contributed by atoms with Gasteiger partial charge in [-0.05, 0) is 13.8 Å². The van der Waals surface area contributed by atoms with Gasteiger partial charge in [-0.25, -0.2) is 0 Å². The molecule has 0 aliphatic rings. The summed E-state index contributed by atoms with van der Waals surface area (Å²) in [5, 5.41) is 3.65. The van der Waals surface area contributed by atoms with Crippen LogP contribution in [-0.4, -0.2) is 16.8 Å². The van der Waals surface area contributed by atoms with E-state index in [2.05, 4.69) is 21.2 Å². The van der Waals surface area contributed by atoms with Crippen LogP contribution in [-0.2, 0) is 4.79 Å². The number of rotatable bonds is 3. The second-order valence-electron chi connectivity index (χ2n) is 2.92. The fourth-order valence-corrected chi connectivity index (χ4v) is 0.639. The first-order valence-corrected chi connectivity index (χ1v) is 4.51. The highest BCUT2D eigenvalue weighted by atomic mass is 79.9. The maximum absolute atomic E-state index is 10.9. The molecule has 0 saturated carbocycles. The average molecular weight is 208 g/mol. The predicted molar refractivity (Wildman–Crippen MR) is 46.3 cm³/mol. The zero-order valence-corrected chi connectivity index (χ0v) is 8.29. The topological polar surface area (TPSA) is 29.1 Å². The van der Waals surface area contributed by atoms with Crippen LogP contribution < -0.4 is 5.32 Å². The lowest BCUT2D eigenvalue weighted by molar-refractivity contribution is -0.122. The molecule has 0 aromatic heterocycles. The lowest BCUT2D eigenvalue weighted by Crippen LogP contribution is -2.44. The van der Waals surface area contributed by atoms with Crippen molar-refractivity contribution in [3.8, 4) is 0 Å². The summed E-state index contributed by atoms with van der Waals surface area (Å²) < 4.78 is 0. The molecule has 0 unspecified atom stereocenters. The van der Waals surface area contributed by atoms with Gasteiger partial charge in [-0.3, -0.25) is 4.79 Å². The number of carbonyl (C=O) groups is 1. The molecule has 0 fully saturated rings. The molecule has 60 valence electrons. The van der Waals surface area contributed by atoms with Crippen molar-refractivity contribution in [3.05, 3.63) is 0 Å². The molecule has 0 rings (SSSR count). The van der Waals surface area contributed by atoms with Gasteiger partial charge in [0.1, 0.15) is 0 Å². The van der Waals surface area contributed by atoms with Crippen LogP contribution in [0.2, 0.25) is 0 Å². The average Bonchev–Trinajstić information content (AvgIpc) is 1.87. The van der Waals surface area contributed by atoms with Crippen LogP contribution >= 0.6 is 15.9 Å². The number of hydrogen-bond donors (Lipinski definition) is 1. The van der Waals surface area contributed by atoms with Crippen molar-refractivity contribution in [1.29, 1.82) is 0 Å². The maximum atomic E-state index is 10.9. The third kappa shape index (κ3) is 3.88. The molecule has 2 nitrogen and oxygen atoms in total. The Labute approximate surface area is 70.5 Å². The van der Waals surface area contributed by atoms with Gasteiger partial charge in [0.25, 0.3) is 0 Å². The first-order chi connectivity index (χ1) is 4.52. The van der Waals surface area contributed by atoms with Crippen LogP contribution in [0.3, 0.4) is 0 Å². The first-order valence-electron chi connectivity index (χ1n) is 3.39. The Balaban J connectivity index is 3.76. The molecule has 0 spiro atoms.